The highest BCUT2D eigenvalue weighted by molar-refractivity contribution is 14.0. The highest BCUT2D eigenvalue weighted by Crippen LogP contribution is 2.09. The number of thiophene rings is 1. The smallest absolute Gasteiger partial charge is 0.243 e. The number of hydrogen-bond donors (Lipinski definition) is 3. The van der Waals surface area contributed by atoms with Crippen LogP contribution in [-0.4, -0.2) is 32.0 Å². The fourth-order valence-electron chi connectivity index (χ4n) is 2.04. The van der Waals surface area contributed by atoms with E-state index in [-0.39, 0.29) is 36.4 Å². The third-order valence-corrected chi connectivity index (χ3v) is 4.13. The van der Waals surface area contributed by atoms with Crippen molar-refractivity contribution >= 4 is 52.9 Å². The fraction of sp³-hybridized carbons (Fsp3) is 0.222. The largest absolute Gasteiger partial charge is 0.356 e. The molecule has 0 aliphatic carbocycles. The van der Waals surface area contributed by atoms with Crippen LogP contribution in [0.2, 0.25) is 0 Å². The average molecular weight is 468 g/mol. The fourth-order valence-corrected chi connectivity index (χ4v) is 2.74. The molecule has 1 amide bonds. The first-order valence-electron chi connectivity index (χ1n) is 7.54. The highest BCUT2D eigenvalue weighted by atomic mass is 127. The molecule has 2 rings (SSSR count). The normalized spacial score (nSPS) is 10.3. The number of aliphatic imine (C=N–C) groups is 1. The number of amides is 1. The summed E-state index contributed by atoms with van der Waals surface area (Å²) in [6, 6.07) is 11.3. The van der Waals surface area contributed by atoms with Gasteiger partial charge in [0.15, 0.2) is 5.96 Å². The molecule has 1 heterocycles. The Labute approximate surface area is 169 Å². The van der Waals surface area contributed by atoms with E-state index in [1.54, 1.807) is 30.5 Å². The summed E-state index contributed by atoms with van der Waals surface area (Å²) in [5, 5.41) is 11.0. The Balaban J connectivity index is 0.00000312. The minimum absolute atomic E-state index is 0. The Morgan fingerprint density at radius 2 is 2.12 bits per heavy atom. The van der Waals surface area contributed by atoms with Gasteiger partial charge in [0.1, 0.15) is 0 Å². The van der Waals surface area contributed by atoms with Crippen LogP contribution in [0.3, 0.4) is 0 Å². The highest BCUT2D eigenvalue weighted by Gasteiger charge is 2.05. The molecule has 0 spiro atoms. The van der Waals surface area contributed by atoms with Gasteiger partial charge < -0.3 is 16.0 Å². The number of carbonyl (C=O) groups is 1. The molecule has 7 heteroatoms. The summed E-state index contributed by atoms with van der Waals surface area (Å²) in [7, 11) is 1.68. The molecule has 1 aromatic heterocycles. The number of nitrogens with zero attached hydrogens (tertiary/aromatic N) is 1. The first kappa shape index (κ1) is 21.0. The summed E-state index contributed by atoms with van der Waals surface area (Å²) < 4.78 is 0. The number of rotatable bonds is 6. The van der Waals surface area contributed by atoms with Gasteiger partial charge in [-0.15, -0.1) is 41.7 Å². The molecular formula is C18H21IN4OS. The van der Waals surface area contributed by atoms with Crippen LogP contribution in [0.25, 0.3) is 0 Å². The predicted octanol–water partition coefficient (Wildman–Crippen LogP) is 2.69. The molecule has 25 heavy (non-hydrogen) atoms. The maximum Gasteiger partial charge on any atom is 0.243 e. The summed E-state index contributed by atoms with van der Waals surface area (Å²) in [6.07, 6.45) is 6.27. The van der Waals surface area contributed by atoms with Gasteiger partial charge in [0.2, 0.25) is 5.91 Å². The van der Waals surface area contributed by atoms with Crippen molar-refractivity contribution in [2.45, 2.75) is 6.42 Å². The number of carbonyl (C=O) groups excluding carboxylic acids is 1. The number of halogens is 1. The van der Waals surface area contributed by atoms with Crippen molar-refractivity contribution < 1.29 is 4.79 Å². The van der Waals surface area contributed by atoms with E-state index in [4.69, 9.17) is 6.42 Å². The Morgan fingerprint density at radius 1 is 1.28 bits per heavy atom. The zero-order valence-corrected chi connectivity index (χ0v) is 17.1. The molecule has 0 saturated heterocycles. The number of terminal acetylenes is 1. The van der Waals surface area contributed by atoms with Gasteiger partial charge in [-0.05, 0) is 36.1 Å². The summed E-state index contributed by atoms with van der Waals surface area (Å²) in [6.45, 7) is 0.880. The Morgan fingerprint density at radius 3 is 2.80 bits per heavy atom. The van der Waals surface area contributed by atoms with Crippen molar-refractivity contribution in [2.24, 2.45) is 4.99 Å². The zero-order chi connectivity index (χ0) is 17.2. The van der Waals surface area contributed by atoms with Crippen molar-refractivity contribution in [1.29, 1.82) is 0 Å². The summed E-state index contributed by atoms with van der Waals surface area (Å²) in [5.74, 6) is 2.97. The lowest BCUT2D eigenvalue weighted by atomic mass is 10.2. The monoisotopic (exact) mass is 468 g/mol. The van der Waals surface area contributed by atoms with Crippen LogP contribution >= 0.6 is 35.3 Å². The van der Waals surface area contributed by atoms with E-state index in [2.05, 4.69) is 38.3 Å². The molecule has 0 unspecified atom stereocenters. The van der Waals surface area contributed by atoms with Crippen LogP contribution in [-0.2, 0) is 11.2 Å². The molecule has 0 radical (unpaired) electrons. The van der Waals surface area contributed by atoms with Crippen molar-refractivity contribution in [3.8, 4) is 12.3 Å². The van der Waals surface area contributed by atoms with Crippen LogP contribution in [0.15, 0.2) is 46.8 Å². The Kier molecular flexibility index (Phi) is 9.65. The number of hydrogen-bond acceptors (Lipinski definition) is 3. The second kappa shape index (κ2) is 11.5. The first-order valence-corrected chi connectivity index (χ1v) is 8.42. The van der Waals surface area contributed by atoms with Crippen LogP contribution in [0.1, 0.15) is 10.4 Å². The number of guanidine groups is 1. The molecule has 0 atom stereocenters. The molecule has 0 saturated carbocycles. The third kappa shape index (κ3) is 7.58. The van der Waals surface area contributed by atoms with Crippen molar-refractivity contribution in [3.63, 3.8) is 0 Å². The van der Waals surface area contributed by atoms with E-state index in [0.29, 0.717) is 11.6 Å². The molecule has 2 aromatic rings. The van der Waals surface area contributed by atoms with E-state index in [1.165, 1.54) is 4.88 Å². The van der Waals surface area contributed by atoms with Gasteiger partial charge in [-0.3, -0.25) is 9.79 Å². The van der Waals surface area contributed by atoms with Gasteiger partial charge in [0.25, 0.3) is 0 Å². The van der Waals surface area contributed by atoms with E-state index >= 15 is 0 Å². The molecule has 1 aromatic carbocycles. The van der Waals surface area contributed by atoms with Crippen molar-refractivity contribution in [1.82, 2.24) is 10.6 Å². The van der Waals surface area contributed by atoms with Gasteiger partial charge in [0.05, 0.1) is 6.54 Å². The van der Waals surface area contributed by atoms with Crippen molar-refractivity contribution in [3.05, 3.63) is 52.2 Å². The topological polar surface area (TPSA) is 65.5 Å². The molecule has 0 aliphatic heterocycles. The Hall–Kier alpha value is -2.05. The molecule has 5 nitrogen and oxygen atoms in total. The van der Waals surface area contributed by atoms with Gasteiger partial charge in [-0.25, -0.2) is 0 Å². The molecule has 0 bridgehead atoms. The van der Waals surface area contributed by atoms with E-state index in [9.17, 15) is 4.79 Å². The number of anilines is 1. The second-order valence-electron chi connectivity index (χ2n) is 4.96. The quantitative estimate of drug-likeness (QED) is 0.265. The SMILES string of the molecule is C#Cc1cccc(NC(=O)CNC(=NC)NCCc2cccs2)c1.I. The summed E-state index contributed by atoms with van der Waals surface area (Å²) >= 11 is 1.73. The van der Waals surface area contributed by atoms with Crippen LogP contribution in [0, 0.1) is 12.3 Å². The molecule has 0 aliphatic rings. The van der Waals surface area contributed by atoms with E-state index in [0.717, 1.165) is 18.5 Å². The molecular weight excluding hydrogens is 447 g/mol. The maximum atomic E-state index is 12.0. The lowest BCUT2D eigenvalue weighted by Gasteiger charge is -2.11. The molecule has 0 fully saturated rings. The van der Waals surface area contributed by atoms with Crippen LogP contribution in [0.4, 0.5) is 5.69 Å². The van der Waals surface area contributed by atoms with E-state index in [1.807, 2.05) is 18.2 Å². The van der Waals surface area contributed by atoms with Crippen LogP contribution < -0.4 is 16.0 Å². The maximum absolute atomic E-state index is 12.0. The van der Waals surface area contributed by atoms with Gasteiger partial charge >= 0.3 is 0 Å². The lowest BCUT2D eigenvalue weighted by Crippen LogP contribution is -2.42. The van der Waals surface area contributed by atoms with Gasteiger partial charge in [-0.2, -0.15) is 0 Å². The predicted molar refractivity (Wildman–Crippen MR) is 116 cm³/mol. The number of benzene rings is 1. The Bertz CT molecular complexity index is 738. The summed E-state index contributed by atoms with van der Waals surface area (Å²) in [5.41, 5.74) is 1.41. The first-order chi connectivity index (χ1) is 11.7. The zero-order valence-electron chi connectivity index (χ0n) is 13.9. The van der Waals surface area contributed by atoms with E-state index < -0.39 is 0 Å². The van der Waals surface area contributed by atoms with Crippen molar-refractivity contribution in [2.75, 3.05) is 25.5 Å². The molecule has 132 valence electrons. The third-order valence-electron chi connectivity index (χ3n) is 3.20. The average Bonchev–Trinajstić information content (AvgIpc) is 3.11. The minimum atomic E-state index is -0.162. The number of nitrogens with one attached hydrogen (secondary N) is 3. The second-order valence-corrected chi connectivity index (χ2v) is 5.99. The van der Waals surface area contributed by atoms with Gasteiger partial charge in [0, 0.05) is 29.7 Å². The lowest BCUT2D eigenvalue weighted by molar-refractivity contribution is -0.115. The van der Waals surface area contributed by atoms with Gasteiger partial charge in [-0.1, -0.05) is 18.1 Å². The minimum Gasteiger partial charge on any atom is -0.356 e. The standard InChI is InChI=1S/C18H20N4OS.HI/c1-3-14-6-4-7-15(12-14)22-17(23)13-21-18(19-2)20-10-9-16-8-5-11-24-16;/h1,4-8,11-12H,9-10,13H2,2H3,(H,22,23)(H2,19,20,21);1H. The summed E-state index contributed by atoms with van der Waals surface area (Å²) in [4.78, 5) is 17.4. The molecule has 3 N–H and O–H groups in total. The van der Waals surface area contributed by atoms with Crippen LogP contribution in [0.5, 0.6) is 0 Å².